The smallest absolute Gasteiger partial charge is 0.261 e. The number of amides is 3. The summed E-state index contributed by atoms with van der Waals surface area (Å²) in [5, 5.41) is -0.493. The monoisotopic (exact) mass is 378 g/mol. The quantitative estimate of drug-likeness (QED) is 0.738. The first-order chi connectivity index (χ1) is 9.30. The molecule has 0 radical (unpaired) electrons. The van der Waals surface area contributed by atoms with Gasteiger partial charge in [-0.15, -0.1) is 0 Å². The molecule has 0 aromatic heterocycles. The van der Waals surface area contributed by atoms with E-state index >= 15 is 0 Å². The van der Waals surface area contributed by atoms with Gasteiger partial charge in [0.25, 0.3) is 5.24 Å². The Morgan fingerprint density at radius 3 is 2.50 bits per heavy atom. The molecular weight excluding hydrogens is 368 g/mol. The minimum atomic E-state index is -3.63. The Bertz CT molecular complexity index is 662. The second-order valence-corrected chi connectivity index (χ2v) is 7.82. The summed E-state index contributed by atoms with van der Waals surface area (Å²) >= 11 is 4.19. The van der Waals surface area contributed by atoms with Crippen LogP contribution in [-0.2, 0) is 10.0 Å². The van der Waals surface area contributed by atoms with Crippen LogP contribution < -0.4 is 0 Å². The number of carbonyl (C=O) groups excluding carboxylic acids is 2. The van der Waals surface area contributed by atoms with Crippen LogP contribution in [0.2, 0.25) is 0 Å². The second kappa shape index (κ2) is 5.74. The van der Waals surface area contributed by atoms with Crippen molar-refractivity contribution in [2.45, 2.75) is 4.90 Å². The molecule has 20 heavy (non-hydrogen) atoms. The van der Waals surface area contributed by atoms with Crippen molar-refractivity contribution in [3.8, 4) is 0 Å². The predicted molar refractivity (Wildman–Crippen MR) is 79.0 cm³/mol. The molecule has 1 aromatic rings. The molecule has 9 heteroatoms. The third-order valence-corrected chi connectivity index (χ3v) is 5.69. The van der Waals surface area contributed by atoms with Gasteiger partial charge in [0.05, 0.1) is 19.3 Å². The number of nitrogens with zero attached hydrogens (tertiary/aromatic N) is 2. The molecule has 1 heterocycles. The highest BCUT2D eigenvalue weighted by atomic mass is 79.9. The van der Waals surface area contributed by atoms with E-state index < -0.39 is 21.3 Å². The summed E-state index contributed by atoms with van der Waals surface area (Å²) in [6.07, 6.45) is 0.944. The standard InChI is InChI=1S/C11H11BrN2O4S2/c1-20(17,18)14-7-6-13(10(14)15)11(16)19-9-5-3-2-4-8(9)12/h2-5H,6-7H2,1H3. The minimum Gasteiger partial charge on any atom is -0.261 e. The highest BCUT2D eigenvalue weighted by Gasteiger charge is 2.38. The summed E-state index contributed by atoms with van der Waals surface area (Å²) in [7, 11) is -3.63. The van der Waals surface area contributed by atoms with Crippen molar-refractivity contribution in [3.05, 3.63) is 28.7 Å². The Kier molecular flexibility index (Phi) is 4.40. The zero-order valence-electron chi connectivity index (χ0n) is 10.4. The van der Waals surface area contributed by atoms with Crippen LogP contribution in [0.5, 0.6) is 0 Å². The van der Waals surface area contributed by atoms with Crippen LogP contribution in [0.1, 0.15) is 0 Å². The predicted octanol–water partition coefficient (Wildman–Crippen LogP) is 2.36. The van der Waals surface area contributed by atoms with Crippen molar-refractivity contribution in [1.29, 1.82) is 0 Å². The Hall–Kier alpha value is -1.06. The summed E-state index contributed by atoms with van der Waals surface area (Å²) in [5.74, 6) is 0. The molecule has 108 valence electrons. The molecule has 1 aliphatic rings. The molecule has 0 N–H and O–H groups in total. The summed E-state index contributed by atoms with van der Waals surface area (Å²) in [4.78, 5) is 25.6. The molecular formula is C11H11BrN2O4S2. The molecule has 1 aliphatic heterocycles. The Balaban J connectivity index is 2.12. The number of carbonyl (C=O) groups is 2. The van der Waals surface area contributed by atoms with Gasteiger partial charge in [0.2, 0.25) is 10.0 Å². The Morgan fingerprint density at radius 1 is 1.30 bits per heavy atom. The van der Waals surface area contributed by atoms with Gasteiger partial charge in [0.1, 0.15) is 0 Å². The van der Waals surface area contributed by atoms with E-state index in [0.29, 0.717) is 9.20 Å². The molecule has 1 aromatic carbocycles. The van der Waals surface area contributed by atoms with Gasteiger partial charge >= 0.3 is 6.03 Å². The molecule has 2 rings (SSSR count). The number of sulfonamides is 1. The molecule has 0 atom stereocenters. The van der Waals surface area contributed by atoms with Gasteiger partial charge in [-0.2, -0.15) is 0 Å². The van der Waals surface area contributed by atoms with E-state index in [1.165, 1.54) is 0 Å². The number of rotatable bonds is 2. The first kappa shape index (κ1) is 15.3. The summed E-state index contributed by atoms with van der Waals surface area (Å²) in [6, 6.07) is 6.31. The van der Waals surface area contributed by atoms with Gasteiger partial charge in [-0.05, 0) is 39.8 Å². The summed E-state index contributed by atoms with van der Waals surface area (Å²) in [6.45, 7) is 0.0715. The SMILES string of the molecule is CS(=O)(=O)N1CCN(C(=O)Sc2ccccc2Br)C1=O. The number of hydrogen-bond donors (Lipinski definition) is 0. The highest BCUT2D eigenvalue weighted by Crippen LogP contribution is 2.30. The minimum absolute atomic E-state index is 0.0000734. The third kappa shape index (κ3) is 3.15. The molecule has 0 saturated carbocycles. The van der Waals surface area contributed by atoms with E-state index in [0.717, 1.165) is 27.4 Å². The van der Waals surface area contributed by atoms with Gasteiger partial charge in [0, 0.05) is 9.37 Å². The summed E-state index contributed by atoms with van der Waals surface area (Å²) in [5.41, 5.74) is 0. The Morgan fingerprint density at radius 2 is 1.95 bits per heavy atom. The molecule has 0 unspecified atom stereocenters. The van der Waals surface area contributed by atoms with Crippen molar-refractivity contribution >= 4 is 49.0 Å². The highest BCUT2D eigenvalue weighted by molar-refractivity contribution is 9.10. The molecule has 0 aliphatic carbocycles. The van der Waals surface area contributed by atoms with Gasteiger partial charge in [-0.3, -0.25) is 9.69 Å². The van der Waals surface area contributed by atoms with Gasteiger partial charge in [0.15, 0.2) is 0 Å². The zero-order valence-corrected chi connectivity index (χ0v) is 13.7. The average Bonchev–Trinajstić information content (AvgIpc) is 2.74. The Labute approximate surface area is 129 Å². The lowest BCUT2D eigenvalue weighted by atomic mass is 10.4. The largest absolute Gasteiger partial charge is 0.341 e. The number of hydrogen-bond acceptors (Lipinski definition) is 5. The van der Waals surface area contributed by atoms with Crippen molar-refractivity contribution in [2.24, 2.45) is 0 Å². The van der Waals surface area contributed by atoms with Crippen molar-refractivity contribution in [1.82, 2.24) is 9.21 Å². The van der Waals surface area contributed by atoms with Crippen molar-refractivity contribution < 1.29 is 18.0 Å². The van der Waals surface area contributed by atoms with Gasteiger partial charge < -0.3 is 0 Å². The van der Waals surface area contributed by atoms with E-state index in [4.69, 9.17) is 0 Å². The van der Waals surface area contributed by atoms with E-state index in [9.17, 15) is 18.0 Å². The fourth-order valence-electron chi connectivity index (χ4n) is 1.67. The number of benzene rings is 1. The van der Waals surface area contributed by atoms with Crippen molar-refractivity contribution in [2.75, 3.05) is 19.3 Å². The van der Waals surface area contributed by atoms with Crippen LogP contribution in [0.4, 0.5) is 9.59 Å². The van der Waals surface area contributed by atoms with Crippen molar-refractivity contribution in [3.63, 3.8) is 0 Å². The number of imide groups is 1. The van der Waals surface area contributed by atoms with E-state index in [1.807, 2.05) is 6.07 Å². The lowest BCUT2D eigenvalue weighted by Gasteiger charge is -2.15. The average molecular weight is 379 g/mol. The number of thioether (sulfide) groups is 1. The van der Waals surface area contributed by atoms with Crippen LogP contribution >= 0.6 is 27.7 Å². The van der Waals surface area contributed by atoms with E-state index in [1.54, 1.807) is 18.2 Å². The topological polar surface area (TPSA) is 74.8 Å². The first-order valence-corrected chi connectivity index (χ1v) is 9.02. The number of urea groups is 1. The fraction of sp³-hybridized carbons (Fsp3) is 0.273. The van der Waals surface area contributed by atoms with Crippen LogP contribution in [0.25, 0.3) is 0 Å². The van der Waals surface area contributed by atoms with Crippen LogP contribution in [0, 0.1) is 0 Å². The van der Waals surface area contributed by atoms with Crippen LogP contribution in [0.3, 0.4) is 0 Å². The maximum Gasteiger partial charge on any atom is 0.341 e. The van der Waals surface area contributed by atoms with Crippen LogP contribution in [0.15, 0.2) is 33.6 Å². The molecule has 0 bridgehead atoms. The maximum absolute atomic E-state index is 12.1. The first-order valence-electron chi connectivity index (χ1n) is 5.56. The molecule has 0 spiro atoms. The van der Waals surface area contributed by atoms with E-state index in [2.05, 4.69) is 15.9 Å². The fourth-order valence-corrected chi connectivity index (χ4v) is 3.77. The van der Waals surface area contributed by atoms with Gasteiger partial charge in [-0.25, -0.2) is 17.5 Å². The number of halogens is 1. The molecule has 6 nitrogen and oxygen atoms in total. The molecule has 1 fully saturated rings. The maximum atomic E-state index is 12.1. The van der Waals surface area contributed by atoms with Gasteiger partial charge in [-0.1, -0.05) is 12.1 Å². The lowest BCUT2D eigenvalue weighted by Crippen LogP contribution is -2.37. The molecule has 1 saturated heterocycles. The van der Waals surface area contributed by atoms with Crippen LogP contribution in [-0.4, -0.2) is 48.2 Å². The third-order valence-electron chi connectivity index (χ3n) is 2.63. The van der Waals surface area contributed by atoms with E-state index in [-0.39, 0.29) is 13.1 Å². The molecule has 3 amide bonds. The normalized spacial score (nSPS) is 15.8. The zero-order chi connectivity index (χ0) is 14.9. The lowest BCUT2D eigenvalue weighted by molar-refractivity contribution is 0.206. The summed E-state index contributed by atoms with van der Waals surface area (Å²) < 4.78 is 24.2. The second-order valence-electron chi connectivity index (χ2n) is 4.07.